The van der Waals surface area contributed by atoms with Crippen LogP contribution in [0, 0.1) is 0 Å². The molecule has 0 fully saturated rings. The second kappa shape index (κ2) is 4.87. The minimum Gasteiger partial charge on any atom is -0.396 e. The number of carbonyl (C=O) groups excluding carboxylic acids is 1. The maximum atomic E-state index is 12.0. The van der Waals surface area contributed by atoms with Gasteiger partial charge in [-0.3, -0.25) is 9.48 Å². The van der Waals surface area contributed by atoms with E-state index in [2.05, 4.69) is 15.4 Å². The maximum Gasteiger partial charge on any atom is 0.275 e. The van der Waals surface area contributed by atoms with Gasteiger partial charge in [-0.1, -0.05) is 6.92 Å². The highest BCUT2D eigenvalue weighted by Crippen LogP contribution is 2.14. The quantitative estimate of drug-likeness (QED) is 0.851. The van der Waals surface area contributed by atoms with E-state index in [4.69, 9.17) is 5.73 Å². The van der Waals surface area contributed by atoms with Gasteiger partial charge in [-0.15, -0.1) is 0 Å². The van der Waals surface area contributed by atoms with Crippen LogP contribution in [0.4, 0.5) is 11.5 Å². The van der Waals surface area contributed by atoms with Crippen molar-refractivity contribution in [3.05, 3.63) is 35.8 Å². The summed E-state index contributed by atoms with van der Waals surface area (Å²) < 4.78 is 1.55. The Labute approximate surface area is 105 Å². The summed E-state index contributed by atoms with van der Waals surface area (Å²) >= 11 is 0. The van der Waals surface area contributed by atoms with Crippen molar-refractivity contribution in [1.82, 2.24) is 14.8 Å². The Morgan fingerprint density at radius 2 is 2.33 bits per heavy atom. The summed E-state index contributed by atoms with van der Waals surface area (Å²) in [5.74, 6) is 0.0943. The molecule has 0 saturated carbocycles. The van der Waals surface area contributed by atoms with Crippen LogP contribution in [-0.4, -0.2) is 20.7 Å². The first-order valence-corrected chi connectivity index (χ1v) is 5.66. The Morgan fingerprint density at radius 3 is 2.94 bits per heavy atom. The standard InChI is InChI=1S/C12H15N5O/c1-3-8-7-10(17(2)16-8)12(18)15-11-9(13)5-4-6-14-11/h4-7H,3,13H2,1-2H3,(H,14,15,18). The summed E-state index contributed by atoms with van der Waals surface area (Å²) in [5.41, 5.74) is 7.51. The van der Waals surface area contributed by atoms with Crippen LogP contribution in [0.2, 0.25) is 0 Å². The predicted octanol–water partition coefficient (Wildman–Crippen LogP) is 1.21. The van der Waals surface area contributed by atoms with Crippen molar-refractivity contribution < 1.29 is 4.79 Å². The summed E-state index contributed by atoms with van der Waals surface area (Å²) in [4.78, 5) is 16.1. The van der Waals surface area contributed by atoms with Crippen LogP contribution in [0.15, 0.2) is 24.4 Å². The van der Waals surface area contributed by atoms with E-state index in [-0.39, 0.29) is 5.91 Å². The number of aryl methyl sites for hydroxylation is 2. The van der Waals surface area contributed by atoms with Crippen LogP contribution in [-0.2, 0) is 13.5 Å². The van der Waals surface area contributed by atoms with E-state index in [1.165, 1.54) is 0 Å². The van der Waals surface area contributed by atoms with Crippen LogP contribution in [0.1, 0.15) is 23.1 Å². The second-order valence-electron chi connectivity index (χ2n) is 3.89. The number of aromatic nitrogens is 3. The molecule has 2 aromatic rings. The van der Waals surface area contributed by atoms with Crippen molar-refractivity contribution in [3.63, 3.8) is 0 Å². The molecule has 0 bridgehead atoms. The molecule has 0 unspecified atom stereocenters. The number of amides is 1. The third kappa shape index (κ3) is 2.32. The highest BCUT2D eigenvalue weighted by atomic mass is 16.2. The fraction of sp³-hybridized carbons (Fsp3) is 0.250. The van der Waals surface area contributed by atoms with Gasteiger partial charge in [-0.2, -0.15) is 5.10 Å². The zero-order valence-electron chi connectivity index (χ0n) is 10.3. The van der Waals surface area contributed by atoms with Crippen molar-refractivity contribution in [3.8, 4) is 0 Å². The maximum absolute atomic E-state index is 12.0. The van der Waals surface area contributed by atoms with Gasteiger partial charge in [0.25, 0.3) is 5.91 Å². The third-order valence-corrected chi connectivity index (χ3v) is 2.60. The van der Waals surface area contributed by atoms with E-state index in [9.17, 15) is 4.79 Å². The first-order valence-electron chi connectivity index (χ1n) is 5.66. The molecule has 0 atom stereocenters. The van der Waals surface area contributed by atoms with E-state index in [0.29, 0.717) is 17.2 Å². The molecule has 0 aliphatic heterocycles. The highest BCUT2D eigenvalue weighted by Gasteiger charge is 2.14. The lowest BCUT2D eigenvalue weighted by Gasteiger charge is -2.06. The minimum absolute atomic E-state index is 0.268. The lowest BCUT2D eigenvalue weighted by molar-refractivity contribution is 0.101. The summed E-state index contributed by atoms with van der Waals surface area (Å²) in [6, 6.07) is 5.15. The lowest BCUT2D eigenvalue weighted by atomic mass is 10.3. The Bertz CT molecular complexity index is 576. The number of carbonyl (C=O) groups is 1. The van der Waals surface area contributed by atoms with Gasteiger partial charge in [0.05, 0.1) is 11.4 Å². The van der Waals surface area contributed by atoms with Crippen molar-refractivity contribution in [2.45, 2.75) is 13.3 Å². The van der Waals surface area contributed by atoms with Crippen molar-refractivity contribution in [2.24, 2.45) is 7.05 Å². The summed E-state index contributed by atoms with van der Waals surface area (Å²) in [7, 11) is 1.73. The van der Waals surface area contributed by atoms with Crippen LogP contribution < -0.4 is 11.1 Å². The molecule has 18 heavy (non-hydrogen) atoms. The van der Waals surface area contributed by atoms with E-state index in [1.54, 1.807) is 36.1 Å². The van der Waals surface area contributed by atoms with Gasteiger partial charge in [0.2, 0.25) is 0 Å². The fourth-order valence-electron chi connectivity index (χ4n) is 1.61. The van der Waals surface area contributed by atoms with Crippen LogP contribution in [0.5, 0.6) is 0 Å². The Kier molecular flexibility index (Phi) is 3.27. The molecule has 6 heteroatoms. The average Bonchev–Trinajstić information content (AvgIpc) is 2.73. The number of anilines is 2. The van der Waals surface area contributed by atoms with Crippen molar-refractivity contribution in [1.29, 1.82) is 0 Å². The molecule has 0 saturated heterocycles. The van der Waals surface area contributed by atoms with Crippen LogP contribution in [0.25, 0.3) is 0 Å². The molecular weight excluding hydrogens is 230 g/mol. The van der Waals surface area contributed by atoms with E-state index >= 15 is 0 Å². The number of hydrogen-bond acceptors (Lipinski definition) is 4. The highest BCUT2D eigenvalue weighted by molar-refractivity contribution is 6.03. The zero-order chi connectivity index (χ0) is 13.1. The van der Waals surface area contributed by atoms with Gasteiger partial charge in [-0.05, 0) is 24.6 Å². The molecule has 94 valence electrons. The first-order chi connectivity index (χ1) is 8.61. The van der Waals surface area contributed by atoms with Gasteiger partial charge < -0.3 is 11.1 Å². The molecule has 3 N–H and O–H groups in total. The number of nitrogens with two attached hydrogens (primary N) is 1. The number of pyridine rings is 1. The molecule has 0 spiro atoms. The van der Waals surface area contributed by atoms with E-state index in [0.717, 1.165) is 12.1 Å². The molecule has 2 heterocycles. The van der Waals surface area contributed by atoms with Gasteiger partial charge >= 0.3 is 0 Å². The van der Waals surface area contributed by atoms with Crippen molar-refractivity contribution >= 4 is 17.4 Å². The Hall–Kier alpha value is -2.37. The SMILES string of the molecule is CCc1cc(C(=O)Nc2ncccc2N)n(C)n1. The minimum atomic E-state index is -0.268. The average molecular weight is 245 g/mol. The topological polar surface area (TPSA) is 85.8 Å². The summed E-state index contributed by atoms with van der Waals surface area (Å²) in [5, 5.41) is 6.89. The van der Waals surface area contributed by atoms with Crippen LogP contribution in [0.3, 0.4) is 0 Å². The fourth-order valence-corrected chi connectivity index (χ4v) is 1.61. The monoisotopic (exact) mass is 245 g/mol. The molecule has 0 aliphatic rings. The zero-order valence-corrected chi connectivity index (χ0v) is 10.3. The molecular formula is C12H15N5O. The molecule has 0 radical (unpaired) electrons. The predicted molar refractivity (Wildman–Crippen MR) is 69.2 cm³/mol. The molecule has 2 rings (SSSR count). The molecule has 6 nitrogen and oxygen atoms in total. The van der Waals surface area contributed by atoms with Crippen LogP contribution >= 0.6 is 0 Å². The van der Waals surface area contributed by atoms with Gasteiger partial charge in [0.1, 0.15) is 5.69 Å². The number of nitrogen functional groups attached to an aromatic ring is 1. The van der Waals surface area contributed by atoms with Crippen molar-refractivity contribution in [2.75, 3.05) is 11.1 Å². The van der Waals surface area contributed by atoms with E-state index < -0.39 is 0 Å². The van der Waals surface area contributed by atoms with Gasteiger partial charge in [0, 0.05) is 13.2 Å². The number of rotatable bonds is 3. The number of nitrogens with one attached hydrogen (secondary N) is 1. The number of nitrogens with zero attached hydrogens (tertiary/aromatic N) is 3. The molecule has 0 aromatic carbocycles. The normalized spacial score (nSPS) is 10.3. The Morgan fingerprint density at radius 1 is 1.56 bits per heavy atom. The molecule has 1 amide bonds. The largest absolute Gasteiger partial charge is 0.396 e. The summed E-state index contributed by atoms with van der Waals surface area (Å²) in [6.45, 7) is 1.99. The number of hydrogen-bond donors (Lipinski definition) is 2. The van der Waals surface area contributed by atoms with E-state index in [1.807, 2.05) is 6.92 Å². The first kappa shape index (κ1) is 12.1. The van der Waals surface area contributed by atoms with Gasteiger partial charge in [-0.25, -0.2) is 4.98 Å². The lowest BCUT2D eigenvalue weighted by Crippen LogP contribution is -2.17. The second-order valence-corrected chi connectivity index (χ2v) is 3.89. The van der Waals surface area contributed by atoms with Gasteiger partial charge in [0.15, 0.2) is 5.82 Å². The molecule has 2 aromatic heterocycles. The smallest absolute Gasteiger partial charge is 0.275 e. The summed E-state index contributed by atoms with van der Waals surface area (Å²) in [6.07, 6.45) is 2.36. The Balaban J connectivity index is 2.22. The molecule has 0 aliphatic carbocycles. The third-order valence-electron chi connectivity index (χ3n) is 2.60.